The van der Waals surface area contributed by atoms with Crippen molar-refractivity contribution in [3.05, 3.63) is 87.7 Å². The molecule has 0 saturated carbocycles. The zero-order valence-corrected chi connectivity index (χ0v) is 44.4. The van der Waals surface area contributed by atoms with E-state index in [2.05, 4.69) is 55.2 Å². The van der Waals surface area contributed by atoms with Crippen molar-refractivity contribution in [3.8, 4) is 0 Å². The number of hydrogen-bond acceptors (Lipinski definition) is 13. The summed E-state index contributed by atoms with van der Waals surface area (Å²) in [5.41, 5.74) is 1.38. The summed E-state index contributed by atoms with van der Waals surface area (Å²) < 4.78 is 8.22. The number of aliphatic carboxylic acids is 3. The van der Waals surface area contributed by atoms with Crippen LogP contribution in [-0.2, 0) is 95.8 Å². The molecule has 8 amide bonds. The molecule has 0 saturated heterocycles. The molecule has 3 unspecified atom stereocenters. The van der Waals surface area contributed by atoms with E-state index in [1.165, 1.54) is 0 Å². The van der Waals surface area contributed by atoms with E-state index >= 15 is 0 Å². The topological polar surface area (TPSA) is 368 Å². The van der Waals surface area contributed by atoms with Gasteiger partial charge in [-0.15, -0.1) is 5.75 Å². The van der Waals surface area contributed by atoms with Gasteiger partial charge in [0.15, 0.2) is 0 Å². The van der Waals surface area contributed by atoms with Crippen molar-refractivity contribution < 1.29 is 90.4 Å². The fourth-order valence-electron chi connectivity index (χ4n) is 7.17. The van der Waals surface area contributed by atoms with Crippen LogP contribution in [0.15, 0.2) is 60.7 Å². The SMILES string of the molecule is O=C(O)CC[C@H](NC(=O)NCCCCCNC(=O)CCCCCCC(=O)NCCCCC(NC(=O)C(CC(=O)C(Cc1ccccc1)[N-]C(=O)C[N-]C(=O)C[N-]C(=O)C[S-])Cc1ccccc1)C(=O)O)C(=O)O.[O]=[Tc+4]. The molecule has 411 valence electrons. The number of rotatable bonds is 39. The number of carboxylic acids is 3. The van der Waals surface area contributed by atoms with Gasteiger partial charge in [0.25, 0.3) is 0 Å². The van der Waals surface area contributed by atoms with Gasteiger partial charge >= 0.3 is 46.3 Å². The normalized spacial score (nSPS) is 12.1. The molecule has 23 nitrogen and oxygen atoms in total. The number of ketones is 1. The molecular formula is C50H68N8O15STc. The van der Waals surface area contributed by atoms with Crippen molar-refractivity contribution >= 4 is 77.8 Å². The Bertz CT molecular complexity index is 2130. The molecule has 25 heteroatoms. The van der Waals surface area contributed by atoms with Crippen LogP contribution in [0.5, 0.6) is 0 Å². The van der Waals surface area contributed by atoms with E-state index in [1.54, 1.807) is 60.7 Å². The molecule has 0 aliphatic rings. The van der Waals surface area contributed by atoms with Crippen molar-refractivity contribution in [1.29, 1.82) is 0 Å². The van der Waals surface area contributed by atoms with Gasteiger partial charge in [0, 0.05) is 69.0 Å². The fourth-order valence-corrected chi connectivity index (χ4v) is 7.26. The van der Waals surface area contributed by atoms with Gasteiger partial charge in [-0.3, -0.25) is 19.2 Å². The zero-order chi connectivity index (χ0) is 55.8. The molecule has 0 aliphatic carbocycles. The van der Waals surface area contributed by atoms with E-state index in [0.717, 1.165) is 31.7 Å². The van der Waals surface area contributed by atoms with Crippen LogP contribution in [0.4, 0.5) is 4.79 Å². The van der Waals surface area contributed by atoms with Gasteiger partial charge in [-0.2, -0.15) is 0 Å². The summed E-state index contributed by atoms with van der Waals surface area (Å²) in [7, 11) is 0. The third-order valence-corrected chi connectivity index (χ3v) is 11.4. The first kappa shape index (κ1) is 66.4. The molecule has 75 heavy (non-hydrogen) atoms. The Morgan fingerprint density at radius 1 is 0.533 bits per heavy atom. The number of unbranched alkanes of at least 4 members (excludes halogenated alkanes) is 6. The molecule has 8 N–H and O–H groups in total. The summed E-state index contributed by atoms with van der Waals surface area (Å²) in [5, 5.41) is 52.0. The van der Waals surface area contributed by atoms with Crippen molar-refractivity contribution in [2.45, 2.75) is 127 Å². The Hall–Kier alpha value is -6.59. The van der Waals surface area contributed by atoms with Crippen LogP contribution in [-0.4, -0.2) is 137 Å². The second kappa shape index (κ2) is 40.8. The van der Waals surface area contributed by atoms with Crippen LogP contribution < -0.4 is 26.6 Å². The third kappa shape index (κ3) is 33.1. The molecule has 2 aromatic rings. The number of nitrogens with one attached hydrogen (secondary N) is 5. The number of benzene rings is 2. The van der Waals surface area contributed by atoms with Crippen LogP contribution in [0.25, 0.3) is 16.0 Å². The average Bonchev–Trinajstić information content (AvgIpc) is 3.39. The van der Waals surface area contributed by atoms with Gasteiger partial charge in [0.05, 0.1) is 0 Å². The van der Waals surface area contributed by atoms with Crippen LogP contribution in [0.3, 0.4) is 0 Å². The van der Waals surface area contributed by atoms with E-state index in [9.17, 15) is 57.8 Å². The van der Waals surface area contributed by atoms with Gasteiger partial charge in [0.1, 0.15) is 17.9 Å². The average molecular weight is 1150 g/mol. The van der Waals surface area contributed by atoms with Crippen molar-refractivity contribution in [2.24, 2.45) is 5.92 Å². The Balaban J connectivity index is 0.0000139. The number of Topliss-reactive ketones (excluding diaryl/α,β-unsaturated/α-hetero) is 1. The van der Waals surface area contributed by atoms with Gasteiger partial charge < -0.3 is 89.7 Å². The number of carbonyl (C=O) groups is 11. The second-order valence-corrected chi connectivity index (χ2v) is 17.4. The first-order valence-corrected chi connectivity index (χ1v) is 25.8. The minimum atomic E-state index is -1.32. The maximum atomic E-state index is 13.9. The quantitative estimate of drug-likeness (QED) is 0.0350. The summed E-state index contributed by atoms with van der Waals surface area (Å²) in [6.07, 6.45) is 5.20. The second-order valence-electron chi connectivity index (χ2n) is 17.1. The number of carboxylic acid groups (broad SMARTS) is 3. The predicted octanol–water partition coefficient (Wildman–Crippen LogP) is 3.64. The molecule has 2 rings (SSSR count). The molecule has 2 aromatic carbocycles. The molecule has 0 radical (unpaired) electrons. The van der Waals surface area contributed by atoms with Crippen LogP contribution in [0.1, 0.15) is 107 Å². The van der Waals surface area contributed by atoms with E-state index < -0.39 is 103 Å². The first-order chi connectivity index (χ1) is 36.0. The number of carbonyl (C=O) groups excluding carboxylic acids is 8. The standard InChI is InChI=1S/C50H72N8O14S.O.Tc/c59-40(39(29-35-18-8-4-9-19-35)56-44(63)32-54-43(62)31-55-45(64)33-73)30-36(28-34-16-6-3-7-17-34)47(67)57-37(48(68)69)20-12-15-26-52-42(61)22-11-2-1-10-21-41(60)51-25-13-5-14-27-53-50(72)58-38(49(70)71)23-24-46(65)66;;/h3-4,6-9,16-19,36-39H,1-2,5,10-15,20-33H2,(H12,51,52,53,54,55,56,57,58,60,61,62,63,64,65,66,67,68,69,70,71,72,73);;/q;;+4/p-4/t36?,37?,38-,39?;;/m0../s1. The summed E-state index contributed by atoms with van der Waals surface area (Å²) in [6.45, 7) is -0.258. The Kier molecular flexibility index (Phi) is 36.1. The molecule has 0 heterocycles. The number of nitrogens with zero attached hydrogens (tertiary/aromatic N) is 3. The molecule has 0 fully saturated rings. The molecule has 0 bridgehead atoms. The zero-order valence-electron chi connectivity index (χ0n) is 41.7. The molecule has 4 atom stereocenters. The van der Waals surface area contributed by atoms with Crippen LogP contribution in [0, 0.1) is 5.92 Å². The van der Waals surface area contributed by atoms with E-state index in [0.29, 0.717) is 69.0 Å². The van der Waals surface area contributed by atoms with Crippen molar-refractivity contribution in [1.82, 2.24) is 26.6 Å². The third-order valence-electron chi connectivity index (χ3n) is 11.1. The van der Waals surface area contributed by atoms with E-state index in [1.807, 2.05) is 0 Å². The van der Waals surface area contributed by atoms with Crippen LogP contribution >= 0.6 is 0 Å². The monoisotopic (exact) mass is 1150 g/mol. The fraction of sp³-hybridized carbons (Fsp3) is 0.540. The van der Waals surface area contributed by atoms with Gasteiger partial charge in [-0.1, -0.05) is 92.6 Å². The van der Waals surface area contributed by atoms with Crippen molar-refractivity contribution in [2.75, 3.05) is 38.5 Å². The Morgan fingerprint density at radius 2 is 1.01 bits per heavy atom. The Labute approximate surface area is 452 Å². The van der Waals surface area contributed by atoms with Crippen molar-refractivity contribution in [3.63, 3.8) is 0 Å². The molecule has 0 aliphatic heterocycles. The van der Waals surface area contributed by atoms with Gasteiger partial charge in [-0.25, -0.2) is 14.4 Å². The number of hydrogen-bond donors (Lipinski definition) is 8. The number of urea groups is 1. The Morgan fingerprint density at radius 3 is 1.55 bits per heavy atom. The van der Waals surface area contributed by atoms with Gasteiger partial charge in [-0.05, 0) is 81.8 Å². The summed E-state index contributed by atoms with van der Waals surface area (Å²) in [6, 6.07) is 13.0. The summed E-state index contributed by atoms with van der Waals surface area (Å²) >= 11 is 5.48. The summed E-state index contributed by atoms with van der Waals surface area (Å²) in [5.74, 6) is -9.02. The molecule has 0 spiro atoms. The van der Waals surface area contributed by atoms with Crippen LogP contribution in [0.2, 0.25) is 0 Å². The maximum absolute atomic E-state index is 13.9. The van der Waals surface area contributed by atoms with E-state index in [-0.39, 0.29) is 62.8 Å². The predicted molar refractivity (Wildman–Crippen MR) is 271 cm³/mol. The number of amides is 8. The summed E-state index contributed by atoms with van der Waals surface area (Å²) in [4.78, 5) is 135. The molecule has 0 aromatic heterocycles. The molecular weight excluding hydrogens is 1080 g/mol. The van der Waals surface area contributed by atoms with Gasteiger partial charge in [0.2, 0.25) is 17.7 Å². The van der Waals surface area contributed by atoms with E-state index in [4.69, 9.17) is 13.7 Å². The minimum absolute atomic E-state index is 0.00229. The first-order valence-electron chi connectivity index (χ1n) is 24.5.